The van der Waals surface area contributed by atoms with Crippen LogP contribution >= 0.6 is 0 Å². The minimum atomic E-state index is -0.616. The Morgan fingerprint density at radius 1 is 1.70 bits per heavy atom. The summed E-state index contributed by atoms with van der Waals surface area (Å²) in [4.78, 5) is 20.8. The number of hydrogen-bond acceptors (Lipinski definition) is 3. The van der Waals surface area contributed by atoms with Gasteiger partial charge in [-0.3, -0.25) is 4.79 Å². The Hall–Kier alpha value is -1.32. The molecule has 0 aromatic carbocycles. The molecule has 4 heteroatoms. The molecule has 0 aliphatic heterocycles. The highest BCUT2D eigenvalue weighted by molar-refractivity contribution is 5.92. The van der Waals surface area contributed by atoms with Crippen LogP contribution < -0.4 is 5.32 Å². The summed E-state index contributed by atoms with van der Waals surface area (Å²) in [5.41, 5.74) is 0. The molecule has 0 aliphatic carbocycles. The third-order valence-electron chi connectivity index (χ3n) is 0.820. The summed E-state index contributed by atoms with van der Waals surface area (Å²) in [7, 11) is 1.23. The van der Waals surface area contributed by atoms with Crippen LogP contribution in [0.2, 0.25) is 0 Å². The van der Waals surface area contributed by atoms with Crippen LogP contribution in [0, 0.1) is 0 Å². The molecular formula is C6H9NO3. The molecule has 0 radical (unpaired) electrons. The van der Waals surface area contributed by atoms with Gasteiger partial charge in [-0.25, -0.2) is 4.79 Å². The molecule has 0 saturated heterocycles. The van der Waals surface area contributed by atoms with Gasteiger partial charge in [-0.1, -0.05) is 6.58 Å². The van der Waals surface area contributed by atoms with E-state index in [-0.39, 0.29) is 12.3 Å². The fourth-order valence-corrected chi connectivity index (χ4v) is 0.304. The number of methoxy groups -OCH3 is 1. The Labute approximate surface area is 58.9 Å². The lowest BCUT2D eigenvalue weighted by atomic mass is 10.4. The van der Waals surface area contributed by atoms with Crippen molar-refractivity contribution in [2.45, 2.75) is 0 Å². The topological polar surface area (TPSA) is 55.4 Å². The highest BCUT2D eigenvalue weighted by atomic mass is 16.5. The number of nitrogens with one attached hydrogen (secondary N) is 1. The Balaban J connectivity index is 3.44. The summed E-state index contributed by atoms with van der Waals surface area (Å²) >= 11 is 0. The van der Waals surface area contributed by atoms with Crippen LogP contribution in [0.25, 0.3) is 0 Å². The second-order valence-electron chi connectivity index (χ2n) is 1.52. The first kappa shape index (κ1) is 8.68. The zero-order valence-corrected chi connectivity index (χ0v) is 5.72. The van der Waals surface area contributed by atoms with Crippen molar-refractivity contribution in [3.63, 3.8) is 0 Å². The van der Waals surface area contributed by atoms with Gasteiger partial charge in [0.1, 0.15) is 0 Å². The number of ether oxygens (including phenoxy) is 1. The van der Waals surface area contributed by atoms with E-state index < -0.39 is 6.09 Å². The Kier molecular flexibility index (Phi) is 3.95. The Bertz CT molecular complexity index is 153. The summed E-state index contributed by atoms with van der Waals surface area (Å²) in [5, 5.41) is 2.20. The maximum atomic E-state index is 10.4. The fourth-order valence-electron chi connectivity index (χ4n) is 0.304. The predicted octanol–water partition coefficient (Wildman–Crippen LogP) is 0.0975. The predicted molar refractivity (Wildman–Crippen MR) is 35.6 cm³/mol. The third-order valence-corrected chi connectivity index (χ3v) is 0.820. The molecule has 0 aromatic rings. The van der Waals surface area contributed by atoms with Gasteiger partial charge in [-0.15, -0.1) is 0 Å². The molecule has 0 saturated carbocycles. The molecular weight excluding hydrogens is 134 g/mol. The molecule has 0 spiro atoms. The van der Waals surface area contributed by atoms with Gasteiger partial charge in [0.05, 0.1) is 13.7 Å². The Morgan fingerprint density at radius 2 is 2.30 bits per heavy atom. The highest BCUT2D eigenvalue weighted by Gasteiger charge is 1.99. The van der Waals surface area contributed by atoms with E-state index in [0.717, 1.165) is 6.08 Å². The molecule has 4 nitrogen and oxygen atoms in total. The van der Waals surface area contributed by atoms with Crippen molar-refractivity contribution in [2.75, 3.05) is 13.7 Å². The minimum absolute atomic E-state index is 0.0594. The molecule has 0 aromatic heterocycles. The van der Waals surface area contributed by atoms with Crippen molar-refractivity contribution >= 4 is 11.9 Å². The molecule has 10 heavy (non-hydrogen) atoms. The van der Waals surface area contributed by atoms with Crippen LogP contribution in [0.5, 0.6) is 0 Å². The lowest BCUT2D eigenvalue weighted by Gasteiger charge is -1.98. The number of carbonyl (C=O) groups is 2. The maximum Gasteiger partial charge on any atom is 0.407 e. The summed E-state index contributed by atoms with van der Waals surface area (Å²) in [6.07, 6.45) is 0.519. The van der Waals surface area contributed by atoms with E-state index in [4.69, 9.17) is 0 Å². The molecule has 0 aliphatic rings. The van der Waals surface area contributed by atoms with Gasteiger partial charge in [-0.2, -0.15) is 0 Å². The molecule has 0 rings (SSSR count). The van der Waals surface area contributed by atoms with Crippen molar-refractivity contribution in [3.05, 3.63) is 12.7 Å². The van der Waals surface area contributed by atoms with Crippen molar-refractivity contribution in [1.29, 1.82) is 0 Å². The maximum absolute atomic E-state index is 10.4. The van der Waals surface area contributed by atoms with Gasteiger partial charge in [-0.05, 0) is 6.08 Å². The lowest BCUT2D eigenvalue weighted by molar-refractivity contribution is -0.113. The normalized spacial score (nSPS) is 8.10. The zero-order chi connectivity index (χ0) is 7.98. The average Bonchev–Trinajstić information content (AvgIpc) is 1.99. The van der Waals surface area contributed by atoms with Gasteiger partial charge in [0.2, 0.25) is 0 Å². The fraction of sp³-hybridized carbons (Fsp3) is 0.333. The van der Waals surface area contributed by atoms with Crippen molar-refractivity contribution < 1.29 is 14.3 Å². The van der Waals surface area contributed by atoms with Gasteiger partial charge in [0.15, 0.2) is 5.78 Å². The van der Waals surface area contributed by atoms with Crippen LogP contribution in [0.4, 0.5) is 4.79 Å². The van der Waals surface area contributed by atoms with Gasteiger partial charge in [0.25, 0.3) is 0 Å². The van der Waals surface area contributed by atoms with Crippen molar-refractivity contribution in [3.8, 4) is 0 Å². The number of alkyl carbamates (subject to hydrolysis) is 1. The van der Waals surface area contributed by atoms with E-state index in [2.05, 4.69) is 16.6 Å². The summed E-state index contributed by atoms with van der Waals surface area (Å²) in [6.45, 7) is 3.16. The van der Waals surface area contributed by atoms with Crippen LogP contribution in [0.3, 0.4) is 0 Å². The second-order valence-corrected chi connectivity index (χ2v) is 1.52. The van der Waals surface area contributed by atoms with Crippen LogP contribution in [0.15, 0.2) is 12.7 Å². The SMILES string of the molecule is C=CC(=O)CNC(=O)OC. The van der Waals surface area contributed by atoms with E-state index in [1.165, 1.54) is 7.11 Å². The zero-order valence-electron chi connectivity index (χ0n) is 5.72. The summed E-state index contributed by atoms with van der Waals surface area (Å²) < 4.78 is 4.21. The molecule has 0 atom stereocenters. The van der Waals surface area contributed by atoms with E-state index in [0.29, 0.717) is 0 Å². The smallest absolute Gasteiger partial charge is 0.407 e. The first-order valence-corrected chi connectivity index (χ1v) is 2.67. The minimum Gasteiger partial charge on any atom is -0.453 e. The number of carbonyl (C=O) groups excluding carboxylic acids is 2. The molecule has 0 heterocycles. The molecule has 0 bridgehead atoms. The van der Waals surface area contributed by atoms with Crippen molar-refractivity contribution in [2.24, 2.45) is 0 Å². The number of hydrogen-bond donors (Lipinski definition) is 1. The monoisotopic (exact) mass is 143 g/mol. The second kappa shape index (κ2) is 4.55. The quantitative estimate of drug-likeness (QED) is 0.570. The van der Waals surface area contributed by atoms with E-state index in [1.54, 1.807) is 0 Å². The van der Waals surface area contributed by atoms with E-state index in [1.807, 2.05) is 0 Å². The first-order chi connectivity index (χ1) is 4.70. The van der Waals surface area contributed by atoms with Crippen molar-refractivity contribution in [1.82, 2.24) is 5.32 Å². The molecule has 0 unspecified atom stereocenters. The molecule has 1 N–H and O–H groups in total. The van der Waals surface area contributed by atoms with Gasteiger partial charge < -0.3 is 10.1 Å². The summed E-state index contributed by atoms with van der Waals surface area (Å²) in [6, 6.07) is 0. The summed E-state index contributed by atoms with van der Waals surface area (Å²) in [5.74, 6) is -0.245. The highest BCUT2D eigenvalue weighted by Crippen LogP contribution is 1.73. The number of rotatable bonds is 3. The van der Waals surface area contributed by atoms with Gasteiger partial charge >= 0.3 is 6.09 Å². The molecule has 1 amide bonds. The van der Waals surface area contributed by atoms with Crippen LogP contribution in [-0.2, 0) is 9.53 Å². The van der Waals surface area contributed by atoms with Crippen LogP contribution in [0.1, 0.15) is 0 Å². The standard InChI is InChI=1S/C6H9NO3/c1-3-5(8)4-7-6(9)10-2/h3H,1,4H2,2H3,(H,7,9). The van der Waals surface area contributed by atoms with Gasteiger partial charge in [0, 0.05) is 0 Å². The molecule has 0 fully saturated rings. The largest absolute Gasteiger partial charge is 0.453 e. The lowest BCUT2D eigenvalue weighted by Crippen LogP contribution is -2.28. The number of ketones is 1. The Morgan fingerprint density at radius 3 is 2.70 bits per heavy atom. The van der Waals surface area contributed by atoms with Crippen LogP contribution in [-0.4, -0.2) is 25.5 Å². The first-order valence-electron chi connectivity index (χ1n) is 2.67. The third kappa shape index (κ3) is 3.65. The molecule has 56 valence electrons. The van der Waals surface area contributed by atoms with E-state index in [9.17, 15) is 9.59 Å². The average molecular weight is 143 g/mol. The van der Waals surface area contributed by atoms with E-state index >= 15 is 0 Å². The number of amides is 1.